The quantitative estimate of drug-likeness (QED) is 0.395. The number of ether oxygens (including phenoxy) is 3. The highest BCUT2D eigenvalue weighted by atomic mass is 35.5. The second kappa shape index (κ2) is 10.8. The standard InChI is InChI=1S/C24H21ClF4N2O4/c1-33-19-8-5-14(11-21(19)35-3)23(32)30-12-15(24(27,28)29)18-7-9-20(34-2)22(31-18)13-4-6-17(26)16(25)10-13/h4-11,15H,12H2,1-3H3,(H,30,32). The summed E-state index contributed by atoms with van der Waals surface area (Å²) in [6.45, 7) is -0.778. The number of alkyl halides is 3. The Balaban J connectivity index is 1.91. The molecular weight excluding hydrogens is 492 g/mol. The first-order valence-corrected chi connectivity index (χ1v) is 10.5. The molecule has 1 heterocycles. The molecule has 1 N–H and O–H groups in total. The topological polar surface area (TPSA) is 69.7 Å². The van der Waals surface area contributed by atoms with Gasteiger partial charge in [-0.3, -0.25) is 4.79 Å². The molecule has 3 aromatic rings. The molecule has 0 aliphatic heterocycles. The summed E-state index contributed by atoms with van der Waals surface area (Å²) in [4.78, 5) is 16.7. The minimum Gasteiger partial charge on any atom is -0.494 e. The van der Waals surface area contributed by atoms with Gasteiger partial charge in [-0.15, -0.1) is 0 Å². The highest BCUT2D eigenvalue weighted by Crippen LogP contribution is 2.37. The molecule has 186 valence electrons. The Bertz CT molecular complexity index is 1220. The van der Waals surface area contributed by atoms with Crippen LogP contribution in [-0.2, 0) is 0 Å². The molecule has 1 amide bonds. The van der Waals surface area contributed by atoms with E-state index in [0.717, 1.165) is 12.1 Å². The Morgan fingerprint density at radius 2 is 1.63 bits per heavy atom. The van der Waals surface area contributed by atoms with Crippen LogP contribution in [0.25, 0.3) is 11.3 Å². The summed E-state index contributed by atoms with van der Waals surface area (Å²) < 4.78 is 71.0. The van der Waals surface area contributed by atoms with Crippen molar-refractivity contribution >= 4 is 17.5 Å². The minimum absolute atomic E-state index is 0.0485. The normalized spacial score (nSPS) is 12.1. The van der Waals surface area contributed by atoms with Crippen LogP contribution < -0.4 is 19.5 Å². The van der Waals surface area contributed by atoms with Crippen molar-refractivity contribution < 1.29 is 36.6 Å². The highest BCUT2D eigenvalue weighted by molar-refractivity contribution is 6.31. The molecule has 0 saturated heterocycles. The number of carbonyl (C=O) groups excluding carboxylic acids is 1. The van der Waals surface area contributed by atoms with Gasteiger partial charge in [0.2, 0.25) is 0 Å². The van der Waals surface area contributed by atoms with Crippen LogP contribution in [0.5, 0.6) is 17.2 Å². The van der Waals surface area contributed by atoms with Crippen molar-refractivity contribution in [3.8, 4) is 28.5 Å². The van der Waals surface area contributed by atoms with Crippen molar-refractivity contribution in [2.24, 2.45) is 0 Å². The molecule has 0 radical (unpaired) electrons. The van der Waals surface area contributed by atoms with E-state index in [-0.39, 0.29) is 39.0 Å². The van der Waals surface area contributed by atoms with Crippen LogP contribution in [0, 0.1) is 5.82 Å². The number of nitrogens with zero attached hydrogens (tertiary/aromatic N) is 1. The number of amides is 1. The van der Waals surface area contributed by atoms with E-state index in [1.807, 2.05) is 0 Å². The zero-order valence-electron chi connectivity index (χ0n) is 18.9. The summed E-state index contributed by atoms with van der Waals surface area (Å²) in [5, 5.41) is 2.08. The van der Waals surface area contributed by atoms with Crippen LogP contribution in [0.15, 0.2) is 48.5 Å². The molecule has 1 atom stereocenters. The Kier molecular flexibility index (Phi) is 8.06. The van der Waals surface area contributed by atoms with Gasteiger partial charge in [-0.1, -0.05) is 11.6 Å². The maximum Gasteiger partial charge on any atom is 0.398 e. The lowest BCUT2D eigenvalue weighted by Crippen LogP contribution is -2.35. The second-order valence-electron chi connectivity index (χ2n) is 7.29. The van der Waals surface area contributed by atoms with Crippen LogP contribution >= 0.6 is 11.6 Å². The summed E-state index contributed by atoms with van der Waals surface area (Å²) in [7, 11) is 4.12. The minimum atomic E-state index is -4.73. The highest BCUT2D eigenvalue weighted by Gasteiger charge is 2.42. The molecule has 0 saturated carbocycles. The van der Waals surface area contributed by atoms with Gasteiger partial charge in [0, 0.05) is 17.7 Å². The Hall–Kier alpha value is -3.53. The zero-order valence-corrected chi connectivity index (χ0v) is 19.6. The molecule has 0 aliphatic carbocycles. The molecule has 0 spiro atoms. The van der Waals surface area contributed by atoms with Gasteiger partial charge in [-0.05, 0) is 48.5 Å². The summed E-state index contributed by atoms with van der Waals surface area (Å²) in [6, 6.07) is 10.4. The lowest BCUT2D eigenvalue weighted by Gasteiger charge is -2.22. The Morgan fingerprint density at radius 1 is 0.971 bits per heavy atom. The van der Waals surface area contributed by atoms with Gasteiger partial charge >= 0.3 is 6.18 Å². The fraction of sp³-hybridized carbons (Fsp3) is 0.250. The van der Waals surface area contributed by atoms with Crippen LogP contribution in [0.3, 0.4) is 0 Å². The van der Waals surface area contributed by atoms with Gasteiger partial charge in [0.05, 0.1) is 32.0 Å². The van der Waals surface area contributed by atoms with Crippen molar-refractivity contribution in [3.63, 3.8) is 0 Å². The van der Waals surface area contributed by atoms with Gasteiger partial charge < -0.3 is 19.5 Å². The van der Waals surface area contributed by atoms with Crippen molar-refractivity contribution in [2.75, 3.05) is 27.9 Å². The smallest absolute Gasteiger partial charge is 0.398 e. The average Bonchev–Trinajstić information content (AvgIpc) is 2.84. The summed E-state index contributed by atoms with van der Waals surface area (Å²) in [5.41, 5.74) is 0.0482. The van der Waals surface area contributed by atoms with Crippen molar-refractivity contribution in [1.29, 1.82) is 0 Å². The molecule has 2 aromatic carbocycles. The average molecular weight is 513 g/mol. The van der Waals surface area contributed by atoms with E-state index in [1.54, 1.807) is 0 Å². The molecule has 11 heteroatoms. The van der Waals surface area contributed by atoms with Crippen molar-refractivity contribution in [1.82, 2.24) is 10.3 Å². The monoisotopic (exact) mass is 512 g/mol. The van der Waals surface area contributed by atoms with E-state index in [0.29, 0.717) is 5.75 Å². The van der Waals surface area contributed by atoms with Crippen LogP contribution in [0.2, 0.25) is 5.02 Å². The molecular formula is C24H21ClF4N2O4. The van der Waals surface area contributed by atoms with E-state index in [4.69, 9.17) is 25.8 Å². The van der Waals surface area contributed by atoms with Gasteiger partial charge in [-0.2, -0.15) is 13.2 Å². The molecule has 1 unspecified atom stereocenters. The zero-order chi connectivity index (χ0) is 25.8. The number of hydrogen-bond acceptors (Lipinski definition) is 5. The SMILES string of the molecule is COc1ccc(C(=O)NCC(c2ccc(OC)c(-c3ccc(F)c(Cl)c3)n2)C(F)(F)F)cc1OC. The lowest BCUT2D eigenvalue weighted by molar-refractivity contribution is -0.149. The number of carbonyl (C=O) groups is 1. The second-order valence-corrected chi connectivity index (χ2v) is 7.70. The molecule has 0 aliphatic rings. The molecule has 0 bridgehead atoms. The maximum atomic E-state index is 14.0. The number of rotatable bonds is 8. The van der Waals surface area contributed by atoms with Gasteiger partial charge in [0.25, 0.3) is 5.91 Å². The lowest BCUT2D eigenvalue weighted by atomic mass is 10.0. The Morgan fingerprint density at radius 3 is 2.23 bits per heavy atom. The van der Waals surface area contributed by atoms with E-state index in [9.17, 15) is 22.4 Å². The first-order chi connectivity index (χ1) is 16.6. The van der Waals surface area contributed by atoms with Gasteiger partial charge in [-0.25, -0.2) is 9.37 Å². The fourth-order valence-electron chi connectivity index (χ4n) is 3.33. The number of methoxy groups -OCH3 is 3. The third-order valence-corrected chi connectivity index (χ3v) is 5.45. The largest absolute Gasteiger partial charge is 0.494 e. The third kappa shape index (κ3) is 5.94. The van der Waals surface area contributed by atoms with E-state index < -0.39 is 30.4 Å². The maximum absolute atomic E-state index is 14.0. The number of halogens is 5. The van der Waals surface area contributed by atoms with E-state index in [2.05, 4.69) is 10.3 Å². The first-order valence-electron chi connectivity index (χ1n) is 10.2. The molecule has 6 nitrogen and oxygen atoms in total. The number of aromatic nitrogens is 1. The molecule has 35 heavy (non-hydrogen) atoms. The number of benzene rings is 2. The van der Waals surface area contributed by atoms with Crippen molar-refractivity contribution in [2.45, 2.75) is 12.1 Å². The number of pyridine rings is 1. The summed E-state index contributed by atoms with van der Waals surface area (Å²) in [6.07, 6.45) is -4.73. The van der Waals surface area contributed by atoms with Gasteiger partial charge in [0.1, 0.15) is 23.2 Å². The number of hydrogen-bond donors (Lipinski definition) is 1. The predicted molar refractivity (Wildman–Crippen MR) is 122 cm³/mol. The summed E-state index contributed by atoms with van der Waals surface area (Å²) >= 11 is 5.83. The third-order valence-electron chi connectivity index (χ3n) is 5.16. The summed E-state index contributed by atoms with van der Waals surface area (Å²) in [5.74, 6) is -2.75. The predicted octanol–water partition coefficient (Wildman–Crippen LogP) is 5.64. The molecule has 3 rings (SSSR count). The van der Waals surface area contributed by atoms with Crippen LogP contribution in [0.1, 0.15) is 22.0 Å². The van der Waals surface area contributed by atoms with Gasteiger partial charge in [0.15, 0.2) is 11.5 Å². The molecule has 1 aromatic heterocycles. The fourth-order valence-corrected chi connectivity index (χ4v) is 3.51. The van der Waals surface area contributed by atoms with Crippen LogP contribution in [-0.4, -0.2) is 44.9 Å². The van der Waals surface area contributed by atoms with Crippen LogP contribution in [0.4, 0.5) is 17.6 Å². The molecule has 0 fully saturated rings. The van der Waals surface area contributed by atoms with E-state index >= 15 is 0 Å². The van der Waals surface area contributed by atoms with Crippen molar-refractivity contribution in [3.05, 3.63) is 70.6 Å². The Labute approximate surface area is 203 Å². The number of nitrogens with one attached hydrogen (secondary N) is 1. The van der Waals surface area contributed by atoms with E-state index in [1.165, 1.54) is 57.7 Å². The first kappa shape index (κ1) is 26.1.